The Bertz CT molecular complexity index is 937. The van der Waals surface area contributed by atoms with Gasteiger partial charge in [-0.15, -0.1) is 0 Å². The molecule has 0 saturated carbocycles. The fraction of sp³-hybridized carbons (Fsp3) is 0.844. The van der Waals surface area contributed by atoms with Crippen molar-refractivity contribution in [3.63, 3.8) is 0 Å². The molecule has 0 aromatic rings. The number of carbonyl (C=O) groups is 5. The van der Waals surface area contributed by atoms with Gasteiger partial charge in [0.2, 0.25) is 17.7 Å². The van der Waals surface area contributed by atoms with Gasteiger partial charge in [-0.3, -0.25) is 19.2 Å². The highest BCUT2D eigenvalue weighted by atomic mass is 16.7. The minimum absolute atomic E-state index is 0.00275. The standard InChI is InChI=1S/C32H57N3O12/c1-4-6-8-10-18-44-27(40)14-12-13-23(31(43)45-19-11-9-7-5-2)35-26(39)16-15-25(38)33-17-20-46-32-28(34-22(3)37)30(42)29(41)24(21-36)47-32/h23-24,28-30,32,36,41-42H,4-21H2,1-3H3,(H,33,38)(H,34,37)(H,35,39)/t23-,24+,28+,29-,30+,32+/m0/s1. The van der Waals surface area contributed by atoms with Crippen molar-refractivity contribution in [1.29, 1.82) is 0 Å². The third-order valence-electron chi connectivity index (χ3n) is 7.53. The van der Waals surface area contributed by atoms with E-state index in [1.54, 1.807) is 0 Å². The first-order chi connectivity index (χ1) is 22.5. The second kappa shape index (κ2) is 25.2. The molecule has 6 N–H and O–H groups in total. The summed E-state index contributed by atoms with van der Waals surface area (Å²) >= 11 is 0. The van der Waals surface area contributed by atoms with Crippen molar-refractivity contribution in [2.75, 3.05) is 33.0 Å². The number of rotatable bonds is 25. The Labute approximate surface area is 277 Å². The largest absolute Gasteiger partial charge is 0.466 e. The normalized spacial score (nSPS) is 21.4. The Morgan fingerprint density at radius 2 is 1.43 bits per heavy atom. The van der Waals surface area contributed by atoms with Crippen LogP contribution in [0.2, 0.25) is 0 Å². The van der Waals surface area contributed by atoms with Crippen LogP contribution in [0.4, 0.5) is 0 Å². The molecule has 0 aliphatic carbocycles. The van der Waals surface area contributed by atoms with Gasteiger partial charge in [0.1, 0.15) is 30.4 Å². The van der Waals surface area contributed by atoms with Gasteiger partial charge in [-0.2, -0.15) is 0 Å². The Hall–Kier alpha value is -2.85. The highest BCUT2D eigenvalue weighted by Crippen LogP contribution is 2.22. The lowest BCUT2D eigenvalue weighted by Crippen LogP contribution is -2.64. The molecule has 15 nitrogen and oxygen atoms in total. The number of nitrogens with one attached hydrogen (secondary N) is 3. The fourth-order valence-electron chi connectivity index (χ4n) is 4.85. The molecule has 6 atom stereocenters. The summed E-state index contributed by atoms with van der Waals surface area (Å²) in [7, 11) is 0. The average Bonchev–Trinajstić information content (AvgIpc) is 3.04. The highest BCUT2D eigenvalue weighted by Gasteiger charge is 2.45. The van der Waals surface area contributed by atoms with E-state index in [4.69, 9.17) is 18.9 Å². The monoisotopic (exact) mass is 675 g/mol. The van der Waals surface area contributed by atoms with Gasteiger partial charge in [0.15, 0.2) is 6.29 Å². The third-order valence-corrected chi connectivity index (χ3v) is 7.53. The number of carbonyl (C=O) groups excluding carboxylic acids is 5. The summed E-state index contributed by atoms with van der Waals surface area (Å²) in [5, 5.41) is 37.5. The van der Waals surface area contributed by atoms with Gasteiger partial charge in [-0.1, -0.05) is 52.4 Å². The lowest BCUT2D eigenvalue weighted by atomic mass is 9.97. The molecule has 0 aromatic heterocycles. The van der Waals surface area contributed by atoms with Crippen LogP contribution in [0.25, 0.3) is 0 Å². The molecule has 0 radical (unpaired) electrons. The van der Waals surface area contributed by atoms with Crippen LogP contribution >= 0.6 is 0 Å². The van der Waals surface area contributed by atoms with Crippen LogP contribution in [0.15, 0.2) is 0 Å². The molecule has 272 valence electrons. The third kappa shape index (κ3) is 18.3. The van der Waals surface area contributed by atoms with Gasteiger partial charge < -0.3 is 50.2 Å². The van der Waals surface area contributed by atoms with E-state index in [1.807, 2.05) is 0 Å². The molecular formula is C32H57N3O12. The summed E-state index contributed by atoms with van der Waals surface area (Å²) in [4.78, 5) is 61.4. The maximum Gasteiger partial charge on any atom is 0.328 e. The maximum absolute atomic E-state index is 12.7. The second-order valence-electron chi connectivity index (χ2n) is 11.7. The van der Waals surface area contributed by atoms with Crippen LogP contribution in [-0.4, -0.2) is 115 Å². The topological polar surface area (TPSA) is 219 Å². The highest BCUT2D eigenvalue weighted by molar-refractivity contribution is 5.87. The van der Waals surface area contributed by atoms with Crippen LogP contribution < -0.4 is 16.0 Å². The van der Waals surface area contributed by atoms with Crippen LogP contribution in [0.1, 0.15) is 104 Å². The van der Waals surface area contributed by atoms with Gasteiger partial charge >= 0.3 is 11.9 Å². The van der Waals surface area contributed by atoms with E-state index in [1.165, 1.54) is 6.92 Å². The lowest BCUT2D eigenvalue weighted by molar-refractivity contribution is -0.269. The van der Waals surface area contributed by atoms with E-state index < -0.39 is 67.0 Å². The van der Waals surface area contributed by atoms with E-state index >= 15 is 0 Å². The molecule has 1 saturated heterocycles. The molecule has 1 fully saturated rings. The Morgan fingerprint density at radius 3 is 2.04 bits per heavy atom. The number of esters is 2. The molecule has 0 aromatic carbocycles. The molecule has 3 amide bonds. The molecule has 1 rings (SSSR count). The number of amides is 3. The summed E-state index contributed by atoms with van der Waals surface area (Å²) in [5.41, 5.74) is 0. The molecule has 0 spiro atoms. The predicted molar refractivity (Wildman–Crippen MR) is 170 cm³/mol. The average molecular weight is 676 g/mol. The number of ether oxygens (including phenoxy) is 4. The van der Waals surface area contributed by atoms with Crippen molar-refractivity contribution in [1.82, 2.24) is 16.0 Å². The Kier molecular flexibility index (Phi) is 22.6. The minimum Gasteiger partial charge on any atom is -0.466 e. The van der Waals surface area contributed by atoms with Crippen molar-refractivity contribution >= 4 is 29.7 Å². The van der Waals surface area contributed by atoms with Crippen molar-refractivity contribution < 1.29 is 58.2 Å². The SMILES string of the molecule is CCCCCCOC(=O)CCC[C@H](NC(=O)CCC(=O)NCCO[C@@H]1O[C@H](CO)[C@H](O)[C@H](O)[C@H]1NC(C)=O)C(=O)OCCCCCC. The van der Waals surface area contributed by atoms with Gasteiger partial charge in [0, 0.05) is 32.7 Å². The smallest absolute Gasteiger partial charge is 0.328 e. The zero-order valence-corrected chi connectivity index (χ0v) is 28.2. The molecular weight excluding hydrogens is 618 g/mol. The summed E-state index contributed by atoms with van der Waals surface area (Å²) in [5.74, 6) is -2.44. The number of unbranched alkanes of at least 4 members (excludes halogenated alkanes) is 6. The van der Waals surface area contributed by atoms with Crippen molar-refractivity contribution in [2.45, 2.75) is 141 Å². The molecule has 1 aliphatic rings. The number of hydrogen-bond donors (Lipinski definition) is 6. The van der Waals surface area contributed by atoms with Crippen molar-refractivity contribution in [3.8, 4) is 0 Å². The fourth-order valence-corrected chi connectivity index (χ4v) is 4.85. The first-order valence-electron chi connectivity index (χ1n) is 16.9. The van der Waals surface area contributed by atoms with E-state index in [9.17, 15) is 39.3 Å². The van der Waals surface area contributed by atoms with Gasteiger partial charge in [-0.25, -0.2) is 4.79 Å². The van der Waals surface area contributed by atoms with Gasteiger partial charge in [0.25, 0.3) is 0 Å². The van der Waals surface area contributed by atoms with Crippen LogP contribution in [0, 0.1) is 0 Å². The zero-order valence-electron chi connectivity index (χ0n) is 28.2. The van der Waals surface area contributed by atoms with Crippen LogP contribution in [0.5, 0.6) is 0 Å². The molecule has 47 heavy (non-hydrogen) atoms. The van der Waals surface area contributed by atoms with Gasteiger partial charge in [0.05, 0.1) is 26.4 Å². The van der Waals surface area contributed by atoms with E-state index in [2.05, 4.69) is 29.8 Å². The maximum atomic E-state index is 12.7. The summed E-state index contributed by atoms with van der Waals surface area (Å²) in [6.45, 7) is 5.28. The molecule has 1 aliphatic heterocycles. The summed E-state index contributed by atoms with van der Waals surface area (Å²) in [6, 6.07) is -2.08. The molecule has 0 unspecified atom stereocenters. The second-order valence-corrected chi connectivity index (χ2v) is 11.7. The molecule has 0 bridgehead atoms. The van der Waals surface area contributed by atoms with Crippen LogP contribution in [0.3, 0.4) is 0 Å². The minimum atomic E-state index is -1.46. The number of aliphatic hydroxyl groups is 3. The first kappa shape index (κ1) is 42.2. The number of aliphatic hydroxyl groups excluding tert-OH is 3. The zero-order chi connectivity index (χ0) is 35.0. The summed E-state index contributed by atoms with van der Waals surface area (Å²) < 4.78 is 21.6. The lowest BCUT2D eigenvalue weighted by Gasteiger charge is -2.42. The van der Waals surface area contributed by atoms with E-state index in [-0.39, 0.29) is 51.4 Å². The Balaban J connectivity index is 2.52. The Morgan fingerprint density at radius 1 is 0.787 bits per heavy atom. The van der Waals surface area contributed by atoms with Gasteiger partial charge in [-0.05, 0) is 25.7 Å². The quantitative estimate of drug-likeness (QED) is 0.0583. The van der Waals surface area contributed by atoms with E-state index in [0.717, 1.165) is 44.9 Å². The summed E-state index contributed by atoms with van der Waals surface area (Å²) in [6.07, 6.45) is 2.62. The van der Waals surface area contributed by atoms with Crippen molar-refractivity contribution in [3.05, 3.63) is 0 Å². The predicted octanol–water partition coefficient (Wildman–Crippen LogP) is 0.745. The molecule has 15 heteroatoms. The first-order valence-corrected chi connectivity index (χ1v) is 16.9. The van der Waals surface area contributed by atoms with Crippen LogP contribution in [-0.2, 0) is 42.9 Å². The number of hydrogen-bond acceptors (Lipinski definition) is 12. The molecule has 1 heterocycles. The van der Waals surface area contributed by atoms with Crippen molar-refractivity contribution in [2.24, 2.45) is 0 Å². The van der Waals surface area contributed by atoms with E-state index in [0.29, 0.717) is 19.4 Å².